The molecule has 10 nitrogen and oxygen atoms in total. The van der Waals surface area contributed by atoms with Gasteiger partial charge in [0.2, 0.25) is 5.88 Å². The lowest BCUT2D eigenvalue weighted by Crippen LogP contribution is -2.37. The Labute approximate surface area is 221 Å². The Kier molecular flexibility index (Phi) is 6.36. The predicted molar refractivity (Wildman–Crippen MR) is 137 cm³/mol. The third kappa shape index (κ3) is 4.55. The SMILES string of the molecule is C#Cc1cnc(O[C@H]2CC(C(=O)O)N(c3nc(C(F)F)nc4c3oc3ccccc34)C2)c(N2CCOCC2)c1. The molecule has 39 heavy (non-hydrogen) atoms. The summed E-state index contributed by atoms with van der Waals surface area (Å²) >= 11 is 0. The van der Waals surface area contributed by atoms with Crippen LogP contribution in [-0.2, 0) is 9.53 Å². The Morgan fingerprint density at radius 1 is 1.23 bits per heavy atom. The molecule has 0 spiro atoms. The van der Waals surface area contributed by atoms with Crippen molar-refractivity contribution in [3.05, 3.63) is 47.9 Å². The molecule has 3 aromatic heterocycles. The highest BCUT2D eigenvalue weighted by atomic mass is 19.3. The molecule has 2 fully saturated rings. The Hall–Kier alpha value is -4.50. The van der Waals surface area contributed by atoms with Crippen LogP contribution in [0.15, 0.2) is 40.9 Å². The van der Waals surface area contributed by atoms with Crippen molar-refractivity contribution in [3.8, 4) is 18.2 Å². The highest BCUT2D eigenvalue weighted by Crippen LogP contribution is 2.38. The Balaban J connectivity index is 1.38. The molecule has 0 aliphatic carbocycles. The Morgan fingerprint density at radius 3 is 2.77 bits per heavy atom. The van der Waals surface area contributed by atoms with Gasteiger partial charge in [-0.05, 0) is 18.2 Å². The molecule has 1 aromatic carbocycles. The number of ether oxygens (including phenoxy) is 2. The number of terminal acetylenes is 1. The number of carboxylic acids is 1. The van der Waals surface area contributed by atoms with Crippen LogP contribution in [0.5, 0.6) is 5.88 Å². The van der Waals surface area contributed by atoms with Crippen molar-refractivity contribution in [2.45, 2.75) is 25.0 Å². The zero-order valence-electron chi connectivity index (χ0n) is 20.6. The number of hydrogen-bond donors (Lipinski definition) is 1. The second-order valence-corrected chi connectivity index (χ2v) is 9.26. The smallest absolute Gasteiger partial charge is 0.326 e. The van der Waals surface area contributed by atoms with Crippen LogP contribution in [0.3, 0.4) is 0 Å². The van der Waals surface area contributed by atoms with Gasteiger partial charge in [0.25, 0.3) is 6.43 Å². The first-order valence-corrected chi connectivity index (χ1v) is 12.4. The van der Waals surface area contributed by atoms with E-state index in [9.17, 15) is 18.7 Å². The zero-order chi connectivity index (χ0) is 27.1. The Bertz CT molecular complexity index is 1600. The van der Waals surface area contributed by atoms with E-state index in [-0.39, 0.29) is 29.9 Å². The highest BCUT2D eigenvalue weighted by molar-refractivity contribution is 6.06. The van der Waals surface area contributed by atoms with Gasteiger partial charge in [-0.3, -0.25) is 0 Å². The summed E-state index contributed by atoms with van der Waals surface area (Å²) in [6.07, 6.45) is 3.55. The minimum absolute atomic E-state index is 0.0194. The van der Waals surface area contributed by atoms with Gasteiger partial charge < -0.3 is 28.8 Å². The van der Waals surface area contributed by atoms with E-state index in [2.05, 4.69) is 20.9 Å². The molecule has 1 unspecified atom stereocenters. The molecular formula is C27H23F2N5O5. The van der Waals surface area contributed by atoms with Crippen molar-refractivity contribution in [1.29, 1.82) is 0 Å². The summed E-state index contributed by atoms with van der Waals surface area (Å²) in [5, 5.41) is 10.6. The van der Waals surface area contributed by atoms with E-state index in [1.54, 1.807) is 30.3 Å². The summed E-state index contributed by atoms with van der Waals surface area (Å²) in [5.41, 5.74) is 2.02. The molecule has 0 amide bonds. The van der Waals surface area contributed by atoms with E-state index in [4.69, 9.17) is 20.3 Å². The lowest BCUT2D eigenvalue weighted by molar-refractivity contribution is -0.138. The van der Waals surface area contributed by atoms with E-state index < -0.39 is 30.4 Å². The van der Waals surface area contributed by atoms with Crippen molar-refractivity contribution in [2.24, 2.45) is 0 Å². The summed E-state index contributed by atoms with van der Waals surface area (Å²) in [5.74, 6) is 0.999. The van der Waals surface area contributed by atoms with Crippen LogP contribution in [0.25, 0.3) is 22.1 Å². The normalized spacial score (nSPS) is 19.6. The fraction of sp³-hybridized carbons (Fsp3) is 0.333. The predicted octanol–water partition coefficient (Wildman–Crippen LogP) is 3.64. The van der Waals surface area contributed by atoms with Gasteiger partial charge in [-0.25, -0.2) is 28.5 Å². The second kappa shape index (κ2) is 9.99. The minimum atomic E-state index is -2.96. The van der Waals surface area contributed by atoms with E-state index in [1.165, 1.54) is 11.1 Å². The molecule has 2 aliphatic rings. The molecule has 200 valence electrons. The second-order valence-electron chi connectivity index (χ2n) is 9.26. The summed E-state index contributed by atoms with van der Waals surface area (Å²) in [6, 6.07) is 7.57. The van der Waals surface area contributed by atoms with Gasteiger partial charge >= 0.3 is 5.97 Å². The lowest BCUT2D eigenvalue weighted by Gasteiger charge is -2.30. The lowest BCUT2D eigenvalue weighted by atomic mass is 10.2. The van der Waals surface area contributed by atoms with E-state index in [1.807, 2.05) is 4.90 Å². The molecule has 0 radical (unpaired) electrons. The van der Waals surface area contributed by atoms with E-state index >= 15 is 0 Å². The monoisotopic (exact) mass is 535 g/mol. The average molecular weight is 536 g/mol. The summed E-state index contributed by atoms with van der Waals surface area (Å²) < 4.78 is 45.3. The first kappa shape index (κ1) is 24.8. The van der Waals surface area contributed by atoms with Crippen LogP contribution < -0.4 is 14.5 Å². The number of halogens is 2. The number of para-hydroxylation sites is 1. The number of rotatable bonds is 6. The number of benzene rings is 1. The molecule has 6 rings (SSSR count). The number of carbonyl (C=O) groups is 1. The minimum Gasteiger partial charge on any atom is -0.480 e. The van der Waals surface area contributed by atoms with Gasteiger partial charge in [-0.15, -0.1) is 6.42 Å². The average Bonchev–Trinajstić information content (AvgIpc) is 3.55. The van der Waals surface area contributed by atoms with Gasteiger partial charge in [-0.1, -0.05) is 18.1 Å². The number of carboxylic acid groups (broad SMARTS) is 1. The summed E-state index contributed by atoms with van der Waals surface area (Å²) in [6.45, 7) is 2.34. The maximum Gasteiger partial charge on any atom is 0.326 e. The van der Waals surface area contributed by atoms with E-state index in [0.717, 1.165) is 0 Å². The van der Waals surface area contributed by atoms with Gasteiger partial charge in [0.1, 0.15) is 28.9 Å². The number of alkyl halides is 2. The molecular weight excluding hydrogens is 512 g/mol. The molecule has 12 heteroatoms. The number of hydrogen-bond acceptors (Lipinski definition) is 9. The van der Waals surface area contributed by atoms with Crippen molar-refractivity contribution in [1.82, 2.24) is 15.0 Å². The van der Waals surface area contributed by atoms with Crippen LogP contribution in [0.4, 0.5) is 20.3 Å². The van der Waals surface area contributed by atoms with Crippen LogP contribution in [0, 0.1) is 12.3 Å². The van der Waals surface area contributed by atoms with Crippen molar-refractivity contribution in [2.75, 3.05) is 42.6 Å². The van der Waals surface area contributed by atoms with Crippen LogP contribution in [0.1, 0.15) is 24.2 Å². The zero-order valence-corrected chi connectivity index (χ0v) is 20.6. The number of anilines is 2. The van der Waals surface area contributed by atoms with Crippen LogP contribution in [0.2, 0.25) is 0 Å². The van der Waals surface area contributed by atoms with Crippen LogP contribution >= 0.6 is 0 Å². The standard InChI is InChI=1S/C27H23F2N5O5/c1-2-15-11-18(33-7-9-37-10-8-33)26(30-13-15)38-16-12-19(27(35)36)34(14-16)25-22-21(31-24(32-25)23(28)29)17-5-3-4-6-20(17)39-22/h1,3-6,11,13,16,19,23H,7-10,12,14H2,(H,35,36)/t16-,19?/m0/s1. The molecule has 1 N–H and O–H groups in total. The Morgan fingerprint density at radius 2 is 2.03 bits per heavy atom. The number of nitrogens with zero attached hydrogens (tertiary/aromatic N) is 5. The third-order valence-corrected chi connectivity index (χ3v) is 6.86. The maximum atomic E-state index is 13.8. The molecule has 4 aromatic rings. The number of furan rings is 1. The van der Waals surface area contributed by atoms with Gasteiger partial charge in [0, 0.05) is 36.7 Å². The highest BCUT2D eigenvalue weighted by Gasteiger charge is 2.41. The fourth-order valence-corrected chi connectivity index (χ4v) is 5.04. The molecule has 2 atom stereocenters. The first-order chi connectivity index (χ1) is 18.9. The first-order valence-electron chi connectivity index (χ1n) is 12.4. The summed E-state index contributed by atoms with van der Waals surface area (Å²) in [4.78, 5) is 28.3. The molecule has 2 saturated heterocycles. The summed E-state index contributed by atoms with van der Waals surface area (Å²) in [7, 11) is 0. The topological polar surface area (TPSA) is 114 Å². The third-order valence-electron chi connectivity index (χ3n) is 6.86. The molecule has 2 aliphatic heterocycles. The van der Waals surface area contributed by atoms with Crippen molar-refractivity contribution >= 4 is 39.5 Å². The number of aliphatic carboxylic acids is 1. The van der Waals surface area contributed by atoms with Crippen molar-refractivity contribution in [3.63, 3.8) is 0 Å². The molecule has 0 saturated carbocycles. The molecule has 5 heterocycles. The van der Waals surface area contributed by atoms with E-state index in [0.29, 0.717) is 54.4 Å². The quantitative estimate of drug-likeness (QED) is 0.367. The van der Waals surface area contributed by atoms with Gasteiger partial charge in [0.05, 0.1) is 19.8 Å². The molecule has 0 bridgehead atoms. The number of aromatic nitrogens is 3. The number of pyridine rings is 1. The fourth-order valence-electron chi connectivity index (χ4n) is 5.04. The number of fused-ring (bicyclic) bond motifs is 3. The maximum absolute atomic E-state index is 13.8. The van der Waals surface area contributed by atoms with Gasteiger partial charge in [0.15, 0.2) is 17.2 Å². The van der Waals surface area contributed by atoms with Crippen molar-refractivity contribution < 1.29 is 32.6 Å². The number of morpholine rings is 1. The van der Waals surface area contributed by atoms with Gasteiger partial charge in [-0.2, -0.15) is 0 Å². The van der Waals surface area contributed by atoms with Crippen LogP contribution in [-0.4, -0.2) is 71.0 Å². The largest absolute Gasteiger partial charge is 0.480 e.